The minimum absolute atomic E-state index is 0.633. The number of aryl methyl sites for hydroxylation is 1. The first-order chi connectivity index (χ1) is 9.78. The fourth-order valence-electron chi connectivity index (χ4n) is 3.28. The quantitative estimate of drug-likeness (QED) is 0.807. The molecule has 1 aliphatic heterocycles. The molecule has 1 unspecified atom stereocenters. The van der Waals surface area contributed by atoms with Gasteiger partial charge >= 0.3 is 0 Å². The molecule has 1 aromatic carbocycles. The van der Waals surface area contributed by atoms with Gasteiger partial charge in [0.05, 0.1) is 11.0 Å². The van der Waals surface area contributed by atoms with Crippen LogP contribution in [0.1, 0.15) is 18.7 Å². The Hall–Kier alpha value is -1.06. The second kappa shape index (κ2) is 6.15. The Bertz CT molecular complexity index is 578. The van der Waals surface area contributed by atoms with E-state index in [1.54, 1.807) is 0 Å². The van der Waals surface area contributed by atoms with E-state index in [4.69, 9.17) is 16.6 Å². The summed E-state index contributed by atoms with van der Waals surface area (Å²) in [5, 5.41) is 0. The summed E-state index contributed by atoms with van der Waals surface area (Å²) in [6.45, 7) is 3.49. The lowest BCUT2D eigenvalue weighted by Gasteiger charge is -2.30. The van der Waals surface area contributed by atoms with Gasteiger partial charge in [0.1, 0.15) is 5.82 Å². The molecule has 3 nitrogen and oxygen atoms in total. The highest BCUT2D eigenvalue weighted by molar-refractivity contribution is 6.17. The van der Waals surface area contributed by atoms with Crippen LogP contribution < -0.4 is 0 Å². The molecule has 1 aromatic heterocycles. The Morgan fingerprint density at radius 3 is 3.00 bits per heavy atom. The van der Waals surface area contributed by atoms with E-state index in [1.165, 1.54) is 31.4 Å². The van der Waals surface area contributed by atoms with Crippen LogP contribution in [0, 0.1) is 5.92 Å². The van der Waals surface area contributed by atoms with Gasteiger partial charge in [0.2, 0.25) is 0 Å². The summed E-state index contributed by atoms with van der Waals surface area (Å²) in [6.07, 6.45) is 3.47. The zero-order valence-corrected chi connectivity index (χ0v) is 12.8. The zero-order chi connectivity index (χ0) is 13.9. The van der Waals surface area contributed by atoms with Crippen molar-refractivity contribution in [2.75, 3.05) is 26.0 Å². The first kappa shape index (κ1) is 13.9. The lowest BCUT2D eigenvalue weighted by Crippen LogP contribution is -2.34. The van der Waals surface area contributed by atoms with Gasteiger partial charge in [-0.1, -0.05) is 12.1 Å². The second-order valence-electron chi connectivity index (χ2n) is 5.84. The third-order valence-corrected chi connectivity index (χ3v) is 4.40. The van der Waals surface area contributed by atoms with E-state index in [2.05, 4.69) is 40.8 Å². The van der Waals surface area contributed by atoms with Crippen LogP contribution in [0.3, 0.4) is 0 Å². The Balaban J connectivity index is 1.90. The van der Waals surface area contributed by atoms with E-state index in [1.807, 2.05) is 0 Å². The van der Waals surface area contributed by atoms with Crippen LogP contribution in [-0.4, -0.2) is 40.5 Å². The standard InChI is InChI=1S/C16H22ClN3/c1-19-10-4-5-13(11-19)12-20-15-7-3-2-6-14(15)18-16(20)8-9-17/h2-3,6-7,13H,4-5,8-12H2,1H3. The molecule has 0 N–H and O–H groups in total. The van der Waals surface area contributed by atoms with Crippen molar-refractivity contribution in [3.05, 3.63) is 30.1 Å². The van der Waals surface area contributed by atoms with E-state index in [0.717, 1.165) is 30.2 Å². The number of benzene rings is 1. The van der Waals surface area contributed by atoms with Crippen LogP contribution in [0.5, 0.6) is 0 Å². The summed E-state index contributed by atoms with van der Waals surface area (Å²) < 4.78 is 2.39. The van der Waals surface area contributed by atoms with Gasteiger partial charge in [-0.3, -0.25) is 0 Å². The van der Waals surface area contributed by atoms with Gasteiger partial charge in [-0.05, 0) is 44.5 Å². The predicted molar refractivity (Wildman–Crippen MR) is 84.4 cm³/mol. The average molecular weight is 292 g/mol. The highest BCUT2D eigenvalue weighted by atomic mass is 35.5. The maximum atomic E-state index is 5.94. The van der Waals surface area contributed by atoms with E-state index >= 15 is 0 Å². The van der Waals surface area contributed by atoms with Crippen LogP contribution in [0.15, 0.2) is 24.3 Å². The van der Waals surface area contributed by atoms with Gasteiger partial charge in [-0.15, -0.1) is 11.6 Å². The topological polar surface area (TPSA) is 21.1 Å². The molecule has 108 valence electrons. The molecule has 0 aliphatic carbocycles. The first-order valence-corrected chi connectivity index (χ1v) is 8.00. The van der Waals surface area contributed by atoms with Crippen molar-refractivity contribution in [1.82, 2.24) is 14.5 Å². The molecule has 1 atom stereocenters. The number of likely N-dealkylation sites (tertiary alicyclic amines) is 1. The zero-order valence-electron chi connectivity index (χ0n) is 12.1. The number of halogens is 1. The second-order valence-corrected chi connectivity index (χ2v) is 6.21. The third-order valence-electron chi connectivity index (χ3n) is 4.21. The molecule has 0 amide bonds. The Labute approximate surface area is 125 Å². The van der Waals surface area contributed by atoms with Gasteiger partial charge in [0.25, 0.3) is 0 Å². The predicted octanol–water partition coefficient (Wildman–Crippen LogP) is 3.16. The summed E-state index contributed by atoms with van der Waals surface area (Å²) >= 11 is 5.94. The van der Waals surface area contributed by atoms with E-state index in [0.29, 0.717) is 5.88 Å². The molecule has 4 heteroatoms. The Morgan fingerprint density at radius 1 is 1.35 bits per heavy atom. The van der Waals surface area contributed by atoms with Crippen LogP contribution in [0.2, 0.25) is 0 Å². The van der Waals surface area contributed by atoms with Gasteiger partial charge < -0.3 is 9.47 Å². The van der Waals surface area contributed by atoms with E-state index in [-0.39, 0.29) is 0 Å². The summed E-state index contributed by atoms with van der Waals surface area (Å²) in [5.74, 6) is 2.49. The number of nitrogens with zero attached hydrogens (tertiary/aromatic N) is 3. The number of hydrogen-bond donors (Lipinski definition) is 0. The normalized spacial score (nSPS) is 20.6. The third kappa shape index (κ3) is 2.84. The van der Waals surface area contributed by atoms with Crippen molar-refractivity contribution < 1.29 is 0 Å². The summed E-state index contributed by atoms with van der Waals surface area (Å²) in [6, 6.07) is 8.42. The van der Waals surface area contributed by atoms with Crippen molar-refractivity contribution in [2.24, 2.45) is 5.92 Å². The molecule has 1 aliphatic rings. The molecule has 0 spiro atoms. The van der Waals surface area contributed by atoms with E-state index in [9.17, 15) is 0 Å². The van der Waals surface area contributed by atoms with Gasteiger partial charge in [-0.2, -0.15) is 0 Å². The van der Waals surface area contributed by atoms with Crippen molar-refractivity contribution in [1.29, 1.82) is 0 Å². The molecule has 0 bridgehead atoms. The number of alkyl halides is 1. The first-order valence-electron chi connectivity index (χ1n) is 7.46. The Morgan fingerprint density at radius 2 is 2.20 bits per heavy atom. The molecular weight excluding hydrogens is 270 g/mol. The number of fused-ring (bicyclic) bond motifs is 1. The van der Waals surface area contributed by atoms with Gasteiger partial charge in [0, 0.05) is 25.4 Å². The molecule has 2 aromatic rings. The number of hydrogen-bond acceptors (Lipinski definition) is 2. The highest BCUT2D eigenvalue weighted by Crippen LogP contribution is 2.22. The van der Waals surface area contributed by atoms with Gasteiger partial charge in [-0.25, -0.2) is 4.98 Å². The number of rotatable bonds is 4. The number of imidazole rings is 1. The number of piperidine rings is 1. The molecule has 2 heterocycles. The molecule has 1 fully saturated rings. The fourth-order valence-corrected chi connectivity index (χ4v) is 3.45. The maximum Gasteiger partial charge on any atom is 0.111 e. The highest BCUT2D eigenvalue weighted by Gasteiger charge is 2.20. The van der Waals surface area contributed by atoms with Crippen molar-refractivity contribution >= 4 is 22.6 Å². The molecule has 1 saturated heterocycles. The summed E-state index contributed by atoms with van der Waals surface area (Å²) in [7, 11) is 2.22. The van der Waals surface area contributed by atoms with Crippen LogP contribution in [-0.2, 0) is 13.0 Å². The molecule has 0 radical (unpaired) electrons. The molecule has 20 heavy (non-hydrogen) atoms. The van der Waals surface area contributed by atoms with Crippen LogP contribution in [0.25, 0.3) is 11.0 Å². The molecular formula is C16H22ClN3. The van der Waals surface area contributed by atoms with Crippen molar-refractivity contribution in [3.63, 3.8) is 0 Å². The minimum Gasteiger partial charge on any atom is -0.328 e. The number of aromatic nitrogens is 2. The molecule has 3 rings (SSSR count). The van der Waals surface area contributed by atoms with E-state index < -0.39 is 0 Å². The lowest BCUT2D eigenvalue weighted by molar-refractivity contribution is 0.194. The summed E-state index contributed by atoms with van der Waals surface area (Å²) in [4.78, 5) is 7.19. The lowest BCUT2D eigenvalue weighted by atomic mass is 9.98. The minimum atomic E-state index is 0.633. The summed E-state index contributed by atoms with van der Waals surface area (Å²) in [5.41, 5.74) is 2.35. The SMILES string of the molecule is CN1CCCC(Cn2c(CCCl)nc3ccccc32)C1. The van der Waals surface area contributed by atoms with Crippen molar-refractivity contribution in [2.45, 2.75) is 25.8 Å². The average Bonchev–Trinajstić information content (AvgIpc) is 2.78. The van der Waals surface area contributed by atoms with Crippen molar-refractivity contribution in [3.8, 4) is 0 Å². The number of para-hydroxylation sites is 2. The Kier molecular flexibility index (Phi) is 4.27. The smallest absolute Gasteiger partial charge is 0.111 e. The maximum absolute atomic E-state index is 5.94. The van der Waals surface area contributed by atoms with Crippen LogP contribution >= 0.6 is 11.6 Å². The van der Waals surface area contributed by atoms with Gasteiger partial charge in [0.15, 0.2) is 0 Å². The van der Waals surface area contributed by atoms with Crippen LogP contribution in [0.4, 0.5) is 0 Å². The largest absolute Gasteiger partial charge is 0.328 e. The fraction of sp³-hybridized carbons (Fsp3) is 0.562. The monoisotopic (exact) mass is 291 g/mol. The molecule has 0 saturated carbocycles.